The number of nitrogens with one attached hydrogen (secondary N) is 2. The number of amides is 2. The minimum Gasteiger partial charge on any atom is -0.445 e. The van der Waals surface area contributed by atoms with Gasteiger partial charge in [-0.3, -0.25) is 4.79 Å². The average molecular weight is 308 g/mol. The first-order valence-corrected chi connectivity index (χ1v) is 7.54. The number of unbranched alkanes of at least 4 members (excludes halogenated alkanes) is 1. The van der Waals surface area contributed by atoms with Gasteiger partial charge in [-0.1, -0.05) is 30.3 Å². The molecule has 1 aromatic carbocycles. The SMILES string of the molecule is O=C(CCCCO)NCCCNC(=O)OCc1ccccc1. The van der Waals surface area contributed by atoms with Crippen LogP contribution in [0.3, 0.4) is 0 Å². The van der Waals surface area contributed by atoms with Gasteiger partial charge in [0.2, 0.25) is 5.91 Å². The quantitative estimate of drug-likeness (QED) is 0.573. The summed E-state index contributed by atoms with van der Waals surface area (Å²) in [5.74, 6) is -0.0277. The van der Waals surface area contributed by atoms with Gasteiger partial charge >= 0.3 is 6.09 Å². The van der Waals surface area contributed by atoms with E-state index >= 15 is 0 Å². The number of aliphatic hydroxyl groups is 1. The Morgan fingerprint density at radius 3 is 2.45 bits per heavy atom. The van der Waals surface area contributed by atoms with Gasteiger partial charge in [-0.05, 0) is 24.8 Å². The van der Waals surface area contributed by atoms with Crippen molar-refractivity contribution < 1.29 is 19.4 Å². The number of carbonyl (C=O) groups is 2. The van der Waals surface area contributed by atoms with Gasteiger partial charge in [0.25, 0.3) is 0 Å². The Kier molecular flexibility index (Phi) is 9.45. The summed E-state index contributed by atoms with van der Waals surface area (Å²) in [6.07, 6.45) is 1.94. The number of rotatable bonds is 10. The van der Waals surface area contributed by atoms with Gasteiger partial charge in [0.1, 0.15) is 6.61 Å². The van der Waals surface area contributed by atoms with Crippen LogP contribution in [0, 0.1) is 0 Å². The Morgan fingerprint density at radius 1 is 1.00 bits per heavy atom. The Bertz CT molecular complexity index is 437. The van der Waals surface area contributed by atoms with Crippen molar-refractivity contribution in [1.29, 1.82) is 0 Å². The standard InChI is InChI=1S/C16H24N2O4/c19-12-5-4-9-15(20)17-10-6-11-18-16(21)22-13-14-7-2-1-3-8-14/h1-3,7-8,19H,4-6,9-13H2,(H,17,20)(H,18,21). The monoisotopic (exact) mass is 308 g/mol. The summed E-state index contributed by atoms with van der Waals surface area (Å²) in [4.78, 5) is 22.8. The first kappa shape index (κ1) is 18.0. The normalized spacial score (nSPS) is 10.0. The molecule has 0 heterocycles. The van der Waals surface area contributed by atoms with Gasteiger partial charge in [0, 0.05) is 26.1 Å². The van der Waals surface area contributed by atoms with Crippen LogP contribution in [0.5, 0.6) is 0 Å². The third kappa shape index (κ3) is 8.97. The highest BCUT2D eigenvalue weighted by molar-refractivity contribution is 5.75. The minimum atomic E-state index is -0.460. The lowest BCUT2D eigenvalue weighted by Gasteiger charge is -2.08. The number of hydrogen-bond donors (Lipinski definition) is 3. The highest BCUT2D eigenvalue weighted by Crippen LogP contribution is 2.00. The zero-order valence-electron chi connectivity index (χ0n) is 12.7. The maximum atomic E-state index is 11.4. The summed E-state index contributed by atoms with van der Waals surface area (Å²) >= 11 is 0. The fourth-order valence-electron chi connectivity index (χ4n) is 1.77. The molecule has 2 amide bonds. The van der Waals surface area contributed by atoms with Crippen LogP contribution in [0.1, 0.15) is 31.2 Å². The summed E-state index contributed by atoms with van der Waals surface area (Å²) in [6, 6.07) is 9.46. The Hall–Kier alpha value is -2.08. The number of carbonyl (C=O) groups excluding carboxylic acids is 2. The van der Waals surface area contributed by atoms with Crippen LogP contribution < -0.4 is 10.6 Å². The van der Waals surface area contributed by atoms with Crippen molar-refractivity contribution in [3.05, 3.63) is 35.9 Å². The van der Waals surface area contributed by atoms with Crippen molar-refractivity contribution in [2.45, 2.75) is 32.3 Å². The second-order valence-corrected chi connectivity index (χ2v) is 4.87. The Morgan fingerprint density at radius 2 is 1.73 bits per heavy atom. The summed E-state index contributed by atoms with van der Waals surface area (Å²) < 4.78 is 5.06. The molecule has 6 heteroatoms. The number of ether oxygens (including phenoxy) is 1. The fourth-order valence-corrected chi connectivity index (χ4v) is 1.77. The highest BCUT2D eigenvalue weighted by atomic mass is 16.5. The number of aliphatic hydroxyl groups excluding tert-OH is 1. The highest BCUT2D eigenvalue weighted by Gasteiger charge is 2.03. The van der Waals surface area contributed by atoms with Crippen LogP contribution in [-0.2, 0) is 16.1 Å². The molecule has 22 heavy (non-hydrogen) atoms. The topological polar surface area (TPSA) is 87.7 Å². The zero-order chi connectivity index (χ0) is 16.0. The van der Waals surface area contributed by atoms with Crippen molar-refractivity contribution in [3.8, 4) is 0 Å². The predicted octanol–water partition coefficient (Wildman–Crippen LogP) is 1.58. The molecule has 6 nitrogen and oxygen atoms in total. The van der Waals surface area contributed by atoms with Crippen molar-refractivity contribution in [3.63, 3.8) is 0 Å². The van der Waals surface area contributed by atoms with Gasteiger partial charge in [0.05, 0.1) is 0 Å². The number of hydrogen-bond acceptors (Lipinski definition) is 4. The van der Waals surface area contributed by atoms with Gasteiger partial charge in [-0.25, -0.2) is 4.79 Å². The summed E-state index contributed by atoms with van der Waals surface area (Å²) in [5.41, 5.74) is 0.938. The van der Waals surface area contributed by atoms with E-state index in [0.29, 0.717) is 38.8 Å². The molecule has 3 N–H and O–H groups in total. The minimum absolute atomic E-state index is 0.0277. The van der Waals surface area contributed by atoms with E-state index in [4.69, 9.17) is 9.84 Å². The molecule has 0 aliphatic carbocycles. The molecule has 0 atom stereocenters. The maximum Gasteiger partial charge on any atom is 0.407 e. The fraction of sp³-hybridized carbons (Fsp3) is 0.500. The Labute approximate surface area is 130 Å². The number of alkyl carbamates (subject to hydrolysis) is 1. The molecule has 1 aromatic rings. The summed E-state index contributed by atoms with van der Waals surface area (Å²) in [6.45, 7) is 1.32. The van der Waals surface area contributed by atoms with E-state index in [1.54, 1.807) is 0 Å². The van der Waals surface area contributed by atoms with Crippen LogP contribution in [0.4, 0.5) is 4.79 Å². The molecular weight excluding hydrogens is 284 g/mol. The molecular formula is C16H24N2O4. The second-order valence-electron chi connectivity index (χ2n) is 4.87. The lowest BCUT2D eigenvalue weighted by Crippen LogP contribution is -2.30. The molecule has 0 aromatic heterocycles. The Balaban J connectivity index is 1.97. The molecule has 0 spiro atoms. The van der Waals surface area contributed by atoms with E-state index in [9.17, 15) is 9.59 Å². The van der Waals surface area contributed by atoms with Gasteiger partial charge < -0.3 is 20.5 Å². The van der Waals surface area contributed by atoms with Crippen LogP contribution in [0.15, 0.2) is 30.3 Å². The van der Waals surface area contributed by atoms with Crippen LogP contribution in [0.2, 0.25) is 0 Å². The van der Waals surface area contributed by atoms with E-state index < -0.39 is 6.09 Å². The molecule has 1 rings (SSSR count). The lowest BCUT2D eigenvalue weighted by atomic mass is 10.2. The van der Waals surface area contributed by atoms with E-state index in [2.05, 4.69) is 10.6 Å². The summed E-state index contributed by atoms with van der Waals surface area (Å²) in [5, 5.41) is 14.0. The molecule has 0 saturated carbocycles. The second kappa shape index (κ2) is 11.6. The lowest BCUT2D eigenvalue weighted by molar-refractivity contribution is -0.121. The maximum absolute atomic E-state index is 11.4. The molecule has 0 unspecified atom stereocenters. The predicted molar refractivity (Wildman–Crippen MR) is 83.2 cm³/mol. The van der Waals surface area contributed by atoms with Crippen LogP contribution in [-0.4, -0.2) is 36.8 Å². The zero-order valence-corrected chi connectivity index (χ0v) is 12.7. The van der Waals surface area contributed by atoms with E-state index in [1.807, 2.05) is 30.3 Å². The van der Waals surface area contributed by atoms with Crippen LogP contribution in [0.25, 0.3) is 0 Å². The van der Waals surface area contributed by atoms with Crippen molar-refractivity contribution in [1.82, 2.24) is 10.6 Å². The largest absolute Gasteiger partial charge is 0.445 e. The molecule has 0 aliphatic heterocycles. The summed E-state index contributed by atoms with van der Waals surface area (Å²) in [7, 11) is 0. The number of benzene rings is 1. The van der Waals surface area contributed by atoms with Gasteiger partial charge in [0.15, 0.2) is 0 Å². The van der Waals surface area contributed by atoms with E-state index in [1.165, 1.54) is 0 Å². The molecule has 122 valence electrons. The van der Waals surface area contributed by atoms with E-state index in [0.717, 1.165) is 5.56 Å². The molecule has 0 fully saturated rings. The smallest absolute Gasteiger partial charge is 0.407 e. The first-order chi connectivity index (χ1) is 10.7. The molecule has 0 radical (unpaired) electrons. The third-order valence-corrected chi connectivity index (χ3v) is 2.97. The average Bonchev–Trinajstić information content (AvgIpc) is 2.54. The molecule has 0 bridgehead atoms. The van der Waals surface area contributed by atoms with Gasteiger partial charge in [-0.2, -0.15) is 0 Å². The molecule has 0 aliphatic rings. The van der Waals surface area contributed by atoms with Crippen molar-refractivity contribution >= 4 is 12.0 Å². The van der Waals surface area contributed by atoms with Crippen molar-refractivity contribution in [2.75, 3.05) is 19.7 Å². The van der Waals surface area contributed by atoms with Crippen molar-refractivity contribution in [2.24, 2.45) is 0 Å². The van der Waals surface area contributed by atoms with Gasteiger partial charge in [-0.15, -0.1) is 0 Å². The third-order valence-electron chi connectivity index (χ3n) is 2.97. The van der Waals surface area contributed by atoms with Crippen LogP contribution >= 0.6 is 0 Å². The van der Waals surface area contributed by atoms with E-state index in [-0.39, 0.29) is 19.1 Å². The molecule has 0 saturated heterocycles. The first-order valence-electron chi connectivity index (χ1n) is 7.54.